The van der Waals surface area contributed by atoms with E-state index in [2.05, 4.69) is 18.0 Å². The summed E-state index contributed by atoms with van der Waals surface area (Å²) in [5.74, 6) is -0.0948. The van der Waals surface area contributed by atoms with Crippen molar-refractivity contribution in [3.63, 3.8) is 0 Å². The van der Waals surface area contributed by atoms with Crippen LogP contribution in [0.4, 0.5) is 0 Å². The van der Waals surface area contributed by atoms with Gasteiger partial charge < -0.3 is 10.8 Å². The van der Waals surface area contributed by atoms with Crippen LogP contribution in [0.5, 0.6) is 0 Å². The fourth-order valence-electron chi connectivity index (χ4n) is 2.12. The zero-order chi connectivity index (χ0) is 13.0. The minimum absolute atomic E-state index is 0.0948. The van der Waals surface area contributed by atoms with Gasteiger partial charge in [0, 0.05) is 29.7 Å². The molecule has 18 heavy (non-hydrogen) atoms. The standard InChI is InChI=1S/C14H18N2OS/c1-2-10-5-7-18-14(10)13(17)12(8-15)11-4-3-6-16-9-11/h3-7,9,12-13,17H,2,8,15H2,1H3. The zero-order valence-electron chi connectivity index (χ0n) is 10.4. The van der Waals surface area contributed by atoms with Crippen LogP contribution in [-0.2, 0) is 6.42 Å². The highest BCUT2D eigenvalue weighted by atomic mass is 32.1. The largest absolute Gasteiger partial charge is 0.387 e. The van der Waals surface area contributed by atoms with Crippen LogP contribution in [0.2, 0.25) is 0 Å². The number of thiophene rings is 1. The summed E-state index contributed by atoms with van der Waals surface area (Å²) in [4.78, 5) is 5.12. The van der Waals surface area contributed by atoms with E-state index in [1.165, 1.54) is 5.56 Å². The number of pyridine rings is 1. The van der Waals surface area contributed by atoms with Crippen molar-refractivity contribution in [2.75, 3.05) is 6.54 Å². The van der Waals surface area contributed by atoms with Crippen LogP contribution in [0.1, 0.15) is 34.9 Å². The lowest BCUT2D eigenvalue weighted by Gasteiger charge is -2.21. The van der Waals surface area contributed by atoms with Gasteiger partial charge in [0.2, 0.25) is 0 Å². The van der Waals surface area contributed by atoms with Gasteiger partial charge in [0.25, 0.3) is 0 Å². The third kappa shape index (κ3) is 2.61. The minimum Gasteiger partial charge on any atom is -0.387 e. The molecule has 0 aliphatic carbocycles. The van der Waals surface area contributed by atoms with E-state index in [4.69, 9.17) is 5.73 Å². The van der Waals surface area contributed by atoms with Crippen LogP contribution in [0.25, 0.3) is 0 Å². The Morgan fingerprint density at radius 2 is 2.28 bits per heavy atom. The first-order valence-corrected chi connectivity index (χ1v) is 7.00. The van der Waals surface area contributed by atoms with Crippen LogP contribution < -0.4 is 5.73 Å². The Bertz CT molecular complexity index is 484. The van der Waals surface area contributed by atoms with Crippen LogP contribution in [0, 0.1) is 0 Å². The Kier molecular flexibility index (Phi) is 4.47. The van der Waals surface area contributed by atoms with Crippen LogP contribution in [0.15, 0.2) is 36.0 Å². The lowest BCUT2D eigenvalue weighted by molar-refractivity contribution is 0.150. The average Bonchev–Trinajstić information content (AvgIpc) is 2.89. The molecule has 0 bridgehead atoms. The summed E-state index contributed by atoms with van der Waals surface area (Å²) in [6.45, 7) is 2.51. The summed E-state index contributed by atoms with van der Waals surface area (Å²) < 4.78 is 0. The van der Waals surface area contributed by atoms with E-state index in [0.717, 1.165) is 16.9 Å². The normalized spacial score (nSPS) is 14.4. The summed E-state index contributed by atoms with van der Waals surface area (Å²) in [5, 5.41) is 12.6. The fourth-order valence-corrected chi connectivity index (χ4v) is 3.17. The predicted octanol–water partition coefficient (Wildman–Crippen LogP) is 2.48. The number of aryl methyl sites for hydroxylation is 1. The van der Waals surface area contributed by atoms with Gasteiger partial charge in [-0.2, -0.15) is 0 Å². The molecule has 96 valence electrons. The van der Waals surface area contributed by atoms with Gasteiger partial charge in [0.1, 0.15) is 0 Å². The van der Waals surface area contributed by atoms with Gasteiger partial charge in [-0.3, -0.25) is 4.98 Å². The molecule has 3 N–H and O–H groups in total. The van der Waals surface area contributed by atoms with Crippen molar-refractivity contribution < 1.29 is 5.11 Å². The molecule has 3 nitrogen and oxygen atoms in total. The molecule has 2 aromatic heterocycles. The number of aliphatic hydroxyl groups excluding tert-OH is 1. The smallest absolute Gasteiger partial charge is 0.0965 e. The van der Waals surface area contributed by atoms with Crippen LogP contribution >= 0.6 is 11.3 Å². The molecule has 0 fully saturated rings. The van der Waals surface area contributed by atoms with E-state index in [1.807, 2.05) is 17.5 Å². The second-order valence-electron chi connectivity index (χ2n) is 4.24. The Labute approximate surface area is 111 Å². The van der Waals surface area contributed by atoms with Crippen molar-refractivity contribution in [2.24, 2.45) is 5.73 Å². The molecule has 0 aliphatic rings. The molecule has 2 aromatic rings. The van der Waals surface area contributed by atoms with Gasteiger partial charge in [-0.05, 0) is 35.1 Å². The van der Waals surface area contributed by atoms with E-state index in [-0.39, 0.29) is 5.92 Å². The monoisotopic (exact) mass is 262 g/mol. The maximum absolute atomic E-state index is 10.5. The van der Waals surface area contributed by atoms with Gasteiger partial charge >= 0.3 is 0 Å². The topological polar surface area (TPSA) is 59.1 Å². The molecule has 0 spiro atoms. The third-order valence-corrected chi connectivity index (χ3v) is 4.21. The van der Waals surface area contributed by atoms with Gasteiger partial charge in [-0.15, -0.1) is 11.3 Å². The Hall–Kier alpha value is -1.23. The molecular weight excluding hydrogens is 244 g/mol. The van der Waals surface area contributed by atoms with Crippen molar-refractivity contribution in [3.8, 4) is 0 Å². The third-order valence-electron chi connectivity index (χ3n) is 3.18. The molecule has 0 radical (unpaired) electrons. The van der Waals surface area contributed by atoms with Crippen molar-refractivity contribution >= 4 is 11.3 Å². The van der Waals surface area contributed by atoms with Crippen molar-refractivity contribution in [2.45, 2.75) is 25.4 Å². The highest BCUT2D eigenvalue weighted by Crippen LogP contribution is 2.34. The van der Waals surface area contributed by atoms with Crippen molar-refractivity contribution in [3.05, 3.63) is 52.0 Å². The molecule has 2 rings (SSSR count). The number of nitrogens with two attached hydrogens (primary N) is 1. The van der Waals surface area contributed by atoms with Gasteiger partial charge in [-0.1, -0.05) is 13.0 Å². The molecule has 0 amide bonds. The average molecular weight is 262 g/mol. The molecule has 0 aromatic carbocycles. The highest BCUT2D eigenvalue weighted by molar-refractivity contribution is 7.10. The Morgan fingerprint density at radius 3 is 2.89 bits per heavy atom. The van der Waals surface area contributed by atoms with Gasteiger partial charge in [-0.25, -0.2) is 0 Å². The van der Waals surface area contributed by atoms with E-state index in [0.29, 0.717) is 6.54 Å². The minimum atomic E-state index is -0.547. The lowest BCUT2D eigenvalue weighted by atomic mass is 9.92. The summed E-state index contributed by atoms with van der Waals surface area (Å²) in [6.07, 6.45) is 3.89. The highest BCUT2D eigenvalue weighted by Gasteiger charge is 2.24. The number of aromatic nitrogens is 1. The number of aliphatic hydroxyl groups is 1. The zero-order valence-corrected chi connectivity index (χ0v) is 11.2. The summed E-state index contributed by atoms with van der Waals surface area (Å²) >= 11 is 1.59. The lowest BCUT2D eigenvalue weighted by Crippen LogP contribution is -2.20. The molecule has 0 saturated heterocycles. The van der Waals surface area contributed by atoms with Crippen LogP contribution in [0.3, 0.4) is 0 Å². The Balaban J connectivity index is 2.28. The molecule has 0 saturated carbocycles. The van der Waals surface area contributed by atoms with Crippen LogP contribution in [-0.4, -0.2) is 16.6 Å². The first kappa shape index (κ1) is 13.2. The molecule has 2 heterocycles. The summed E-state index contributed by atoms with van der Waals surface area (Å²) in [7, 11) is 0. The quantitative estimate of drug-likeness (QED) is 0.870. The van der Waals surface area contributed by atoms with Gasteiger partial charge in [0.05, 0.1) is 6.10 Å². The van der Waals surface area contributed by atoms with E-state index < -0.39 is 6.10 Å². The molecule has 2 unspecified atom stereocenters. The second-order valence-corrected chi connectivity index (χ2v) is 5.18. The number of hydrogen-bond donors (Lipinski definition) is 2. The van der Waals surface area contributed by atoms with E-state index >= 15 is 0 Å². The summed E-state index contributed by atoms with van der Waals surface area (Å²) in [5.41, 5.74) is 8.01. The number of rotatable bonds is 5. The second kappa shape index (κ2) is 6.09. The maximum atomic E-state index is 10.5. The molecular formula is C14H18N2OS. The maximum Gasteiger partial charge on any atom is 0.0965 e. The molecule has 4 heteroatoms. The SMILES string of the molecule is CCc1ccsc1C(O)C(CN)c1cccnc1. The van der Waals surface area contributed by atoms with E-state index in [1.54, 1.807) is 23.7 Å². The first-order chi connectivity index (χ1) is 8.77. The first-order valence-electron chi connectivity index (χ1n) is 6.12. The predicted molar refractivity (Wildman–Crippen MR) is 74.7 cm³/mol. The number of hydrogen-bond acceptors (Lipinski definition) is 4. The fraction of sp³-hybridized carbons (Fsp3) is 0.357. The van der Waals surface area contributed by atoms with E-state index in [9.17, 15) is 5.11 Å². The molecule has 2 atom stereocenters. The summed E-state index contributed by atoms with van der Waals surface area (Å²) in [6, 6.07) is 5.91. The Morgan fingerprint density at radius 1 is 1.44 bits per heavy atom. The molecule has 0 aliphatic heterocycles. The van der Waals surface area contributed by atoms with Crippen molar-refractivity contribution in [1.82, 2.24) is 4.98 Å². The van der Waals surface area contributed by atoms with Gasteiger partial charge in [0.15, 0.2) is 0 Å². The number of nitrogens with zero attached hydrogens (tertiary/aromatic N) is 1. The van der Waals surface area contributed by atoms with Crippen molar-refractivity contribution in [1.29, 1.82) is 0 Å².